The molecule has 27 heavy (non-hydrogen) atoms. The van der Waals surface area contributed by atoms with Gasteiger partial charge in [-0.05, 0) is 43.7 Å². The number of aryl methyl sites for hydroxylation is 2. The lowest BCUT2D eigenvalue weighted by Crippen LogP contribution is -2.48. The molecule has 2 aromatic rings. The van der Waals surface area contributed by atoms with Crippen molar-refractivity contribution in [3.05, 3.63) is 45.4 Å². The van der Waals surface area contributed by atoms with Crippen LogP contribution >= 0.6 is 11.3 Å². The number of nitrogens with zero attached hydrogens (tertiary/aromatic N) is 3. The zero-order valence-corrected chi connectivity index (χ0v) is 18.0. The lowest BCUT2D eigenvalue weighted by atomic mass is 10.1. The predicted molar refractivity (Wildman–Crippen MR) is 114 cm³/mol. The Kier molecular flexibility index (Phi) is 6.90. The fourth-order valence-corrected chi connectivity index (χ4v) is 4.74. The number of hydrogen-bond acceptors (Lipinski definition) is 4. The molecular formula is C22H33N3OS. The number of piperazine rings is 1. The summed E-state index contributed by atoms with van der Waals surface area (Å²) in [5, 5.41) is 2.13. The van der Waals surface area contributed by atoms with E-state index >= 15 is 0 Å². The summed E-state index contributed by atoms with van der Waals surface area (Å²) in [6.07, 6.45) is 1.03. The third-order valence-corrected chi connectivity index (χ3v) is 6.43. The Hall–Kier alpha value is -1.43. The van der Waals surface area contributed by atoms with Crippen LogP contribution in [0.2, 0.25) is 0 Å². The van der Waals surface area contributed by atoms with Crippen molar-refractivity contribution in [2.75, 3.05) is 39.3 Å². The summed E-state index contributed by atoms with van der Waals surface area (Å²) in [7, 11) is 0. The van der Waals surface area contributed by atoms with Crippen LogP contribution < -0.4 is 0 Å². The van der Waals surface area contributed by atoms with Gasteiger partial charge in [0.2, 0.25) is 0 Å². The minimum atomic E-state index is 0.266. The number of carbonyl (C=O) groups excluding carboxylic acids is 1. The maximum Gasteiger partial charge on any atom is 0.178 e. The fourth-order valence-electron chi connectivity index (χ4n) is 4.04. The number of hydrogen-bond donors (Lipinski definition) is 0. The molecule has 0 atom stereocenters. The topological polar surface area (TPSA) is 28.5 Å². The van der Waals surface area contributed by atoms with Crippen molar-refractivity contribution in [3.8, 4) is 0 Å². The SMILES string of the molecule is Cc1cc(C(=O)CN2CCN(CC(C)C)CC2)c(C)n1CCc1cccs1. The highest BCUT2D eigenvalue weighted by atomic mass is 32.1. The standard InChI is InChI=1S/C22H33N3OS/c1-17(2)15-23-9-11-24(12-10-23)16-22(26)21-14-18(3)25(19(21)4)8-7-20-6-5-13-27-20/h5-6,13-14,17H,7-12,15-16H2,1-4H3. The lowest BCUT2D eigenvalue weighted by Gasteiger charge is -2.35. The van der Waals surface area contributed by atoms with Crippen LogP contribution in [0.1, 0.15) is 40.5 Å². The van der Waals surface area contributed by atoms with Gasteiger partial charge < -0.3 is 9.47 Å². The number of ketones is 1. The third kappa shape index (κ3) is 5.31. The Morgan fingerprint density at radius 3 is 2.48 bits per heavy atom. The predicted octanol–water partition coefficient (Wildman–Crippen LogP) is 3.87. The molecule has 1 aliphatic rings. The van der Waals surface area contributed by atoms with Crippen molar-refractivity contribution in [2.24, 2.45) is 5.92 Å². The highest BCUT2D eigenvalue weighted by Gasteiger charge is 2.22. The molecule has 148 valence electrons. The van der Waals surface area contributed by atoms with E-state index in [2.05, 4.69) is 65.6 Å². The molecule has 1 saturated heterocycles. The van der Waals surface area contributed by atoms with Crippen LogP contribution in [-0.4, -0.2) is 59.4 Å². The normalized spacial score (nSPS) is 16.3. The Labute approximate surface area is 167 Å². The van der Waals surface area contributed by atoms with Crippen molar-refractivity contribution in [3.63, 3.8) is 0 Å². The van der Waals surface area contributed by atoms with E-state index < -0.39 is 0 Å². The summed E-state index contributed by atoms with van der Waals surface area (Å²) in [6.45, 7) is 15.5. The van der Waals surface area contributed by atoms with Crippen LogP contribution in [0.15, 0.2) is 23.6 Å². The average molecular weight is 388 g/mol. The van der Waals surface area contributed by atoms with Crippen molar-refractivity contribution in [2.45, 2.75) is 40.7 Å². The molecule has 3 rings (SSSR count). The number of carbonyl (C=O) groups is 1. The zero-order chi connectivity index (χ0) is 19.4. The van der Waals surface area contributed by atoms with Crippen LogP contribution in [-0.2, 0) is 13.0 Å². The first kappa shape index (κ1) is 20.3. The van der Waals surface area contributed by atoms with Gasteiger partial charge in [-0.15, -0.1) is 11.3 Å². The van der Waals surface area contributed by atoms with Gasteiger partial charge in [0, 0.05) is 61.1 Å². The highest BCUT2D eigenvalue weighted by molar-refractivity contribution is 7.09. The summed E-state index contributed by atoms with van der Waals surface area (Å²) >= 11 is 1.80. The van der Waals surface area contributed by atoms with Crippen molar-refractivity contribution < 1.29 is 4.79 Å². The minimum Gasteiger partial charge on any atom is -0.348 e. The number of thiophene rings is 1. The first-order valence-corrected chi connectivity index (χ1v) is 11.0. The number of Topliss-reactive ketones (excluding diaryl/α,β-unsaturated/α-hetero) is 1. The number of aromatic nitrogens is 1. The van der Waals surface area contributed by atoms with E-state index in [1.54, 1.807) is 11.3 Å². The molecule has 1 fully saturated rings. The molecule has 0 saturated carbocycles. The second-order valence-corrected chi connectivity index (χ2v) is 9.19. The van der Waals surface area contributed by atoms with Gasteiger partial charge >= 0.3 is 0 Å². The van der Waals surface area contributed by atoms with Crippen LogP contribution in [0.5, 0.6) is 0 Å². The molecule has 2 aromatic heterocycles. The van der Waals surface area contributed by atoms with E-state index in [4.69, 9.17) is 0 Å². The average Bonchev–Trinajstić information content (AvgIpc) is 3.23. The molecule has 0 radical (unpaired) electrons. The second kappa shape index (κ2) is 9.18. The summed E-state index contributed by atoms with van der Waals surface area (Å²) in [6, 6.07) is 6.37. The van der Waals surface area contributed by atoms with Gasteiger partial charge in [0.05, 0.1) is 6.54 Å². The minimum absolute atomic E-state index is 0.266. The maximum absolute atomic E-state index is 12.9. The van der Waals surface area contributed by atoms with Crippen molar-refractivity contribution in [1.82, 2.24) is 14.4 Å². The maximum atomic E-state index is 12.9. The van der Waals surface area contributed by atoms with Crippen molar-refractivity contribution in [1.29, 1.82) is 0 Å². The third-order valence-electron chi connectivity index (χ3n) is 5.49. The monoisotopic (exact) mass is 387 g/mol. The van der Waals surface area contributed by atoms with Gasteiger partial charge in [-0.3, -0.25) is 9.69 Å². The van der Waals surface area contributed by atoms with Gasteiger partial charge in [0.15, 0.2) is 5.78 Å². The first-order chi connectivity index (χ1) is 12.9. The van der Waals surface area contributed by atoms with Gasteiger partial charge in [-0.2, -0.15) is 0 Å². The molecule has 0 aliphatic carbocycles. The molecular weight excluding hydrogens is 354 g/mol. The molecule has 1 aliphatic heterocycles. The van der Waals surface area contributed by atoms with E-state index in [1.165, 1.54) is 10.6 Å². The second-order valence-electron chi connectivity index (χ2n) is 8.16. The smallest absolute Gasteiger partial charge is 0.178 e. The Bertz CT molecular complexity index is 740. The summed E-state index contributed by atoms with van der Waals surface area (Å²) in [5.41, 5.74) is 3.21. The molecule has 3 heterocycles. The van der Waals surface area contributed by atoms with Gasteiger partial charge in [-0.1, -0.05) is 19.9 Å². The molecule has 0 spiro atoms. The highest BCUT2D eigenvalue weighted by Crippen LogP contribution is 2.19. The first-order valence-electron chi connectivity index (χ1n) is 10.1. The Balaban J connectivity index is 1.56. The quantitative estimate of drug-likeness (QED) is 0.644. The van der Waals surface area contributed by atoms with Gasteiger partial charge in [0.25, 0.3) is 0 Å². The lowest BCUT2D eigenvalue weighted by molar-refractivity contribution is 0.0837. The molecule has 5 heteroatoms. The molecule has 0 N–H and O–H groups in total. The van der Waals surface area contributed by atoms with Crippen LogP contribution in [0, 0.1) is 19.8 Å². The van der Waals surface area contributed by atoms with Gasteiger partial charge in [0.1, 0.15) is 0 Å². The molecule has 0 bridgehead atoms. The van der Waals surface area contributed by atoms with E-state index in [1.807, 2.05) is 0 Å². The van der Waals surface area contributed by atoms with Crippen LogP contribution in [0.4, 0.5) is 0 Å². The summed E-state index contributed by atoms with van der Waals surface area (Å²) < 4.78 is 2.30. The van der Waals surface area contributed by atoms with Gasteiger partial charge in [-0.25, -0.2) is 0 Å². The molecule has 4 nitrogen and oxygen atoms in total. The van der Waals surface area contributed by atoms with E-state index in [0.29, 0.717) is 12.5 Å². The van der Waals surface area contributed by atoms with Crippen LogP contribution in [0.25, 0.3) is 0 Å². The van der Waals surface area contributed by atoms with E-state index in [9.17, 15) is 4.79 Å². The Morgan fingerprint density at radius 2 is 1.85 bits per heavy atom. The summed E-state index contributed by atoms with van der Waals surface area (Å²) in [4.78, 5) is 19.2. The van der Waals surface area contributed by atoms with Crippen molar-refractivity contribution >= 4 is 17.1 Å². The molecule has 0 unspecified atom stereocenters. The number of rotatable bonds is 8. The largest absolute Gasteiger partial charge is 0.348 e. The van der Waals surface area contributed by atoms with E-state index in [0.717, 1.165) is 56.9 Å². The summed E-state index contributed by atoms with van der Waals surface area (Å²) in [5.74, 6) is 0.973. The fraction of sp³-hybridized carbons (Fsp3) is 0.591. The van der Waals surface area contributed by atoms with Crippen LogP contribution in [0.3, 0.4) is 0 Å². The van der Waals surface area contributed by atoms with E-state index in [-0.39, 0.29) is 5.78 Å². The molecule has 0 aromatic carbocycles. The molecule has 0 amide bonds. The Morgan fingerprint density at radius 1 is 1.15 bits per heavy atom. The zero-order valence-electron chi connectivity index (χ0n) is 17.2.